The lowest BCUT2D eigenvalue weighted by molar-refractivity contribution is -0.139. The van der Waals surface area contributed by atoms with E-state index < -0.39 is 12.6 Å². The molecule has 0 aromatic heterocycles. The second-order valence-corrected chi connectivity index (χ2v) is 5.41. The van der Waals surface area contributed by atoms with E-state index >= 15 is 0 Å². The van der Waals surface area contributed by atoms with Crippen LogP contribution in [0.4, 0.5) is 0 Å². The van der Waals surface area contributed by atoms with Crippen LogP contribution in [0.25, 0.3) is 0 Å². The van der Waals surface area contributed by atoms with Gasteiger partial charge in [0.15, 0.2) is 6.61 Å². The smallest absolute Gasteiger partial charge is 0.341 e. The summed E-state index contributed by atoms with van der Waals surface area (Å²) in [5.74, 6) is -0.251. The highest BCUT2D eigenvalue weighted by Gasteiger charge is 2.13. The van der Waals surface area contributed by atoms with Gasteiger partial charge in [-0.2, -0.15) is 0 Å². The molecule has 0 saturated heterocycles. The van der Waals surface area contributed by atoms with Crippen LogP contribution in [-0.2, 0) is 4.79 Å². The van der Waals surface area contributed by atoms with Gasteiger partial charge in [-0.3, -0.25) is 4.79 Å². The molecule has 0 aliphatic carbocycles. The molecule has 6 heteroatoms. The van der Waals surface area contributed by atoms with Crippen molar-refractivity contribution in [1.29, 1.82) is 0 Å². The van der Waals surface area contributed by atoms with Gasteiger partial charge >= 0.3 is 5.97 Å². The Balaban J connectivity index is 2.04. The first-order valence-corrected chi connectivity index (χ1v) is 7.98. The van der Waals surface area contributed by atoms with E-state index in [1.807, 2.05) is 38.1 Å². The van der Waals surface area contributed by atoms with Crippen molar-refractivity contribution in [2.24, 2.45) is 0 Å². The molecule has 0 radical (unpaired) electrons. The SMILES string of the molecule is CCOc1cccc(C(C)NC(=O)c2cccc(OCC(=O)O)c2)c1. The van der Waals surface area contributed by atoms with E-state index in [1.54, 1.807) is 18.2 Å². The predicted molar refractivity (Wildman–Crippen MR) is 93.1 cm³/mol. The lowest BCUT2D eigenvalue weighted by atomic mass is 10.1. The molecule has 1 amide bonds. The highest BCUT2D eigenvalue weighted by molar-refractivity contribution is 5.94. The van der Waals surface area contributed by atoms with E-state index in [0.29, 0.717) is 17.9 Å². The first-order chi connectivity index (χ1) is 12.0. The zero-order valence-corrected chi connectivity index (χ0v) is 14.2. The highest BCUT2D eigenvalue weighted by Crippen LogP contribution is 2.20. The Labute approximate surface area is 146 Å². The van der Waals surface area contributed by atoms with E-state index in [-0.39, 0.29) is 11.9 Å². The Hall–Kier alpha value is -3.02. The molecule has 2 rings (SSSR count). The van der Waals surface area contributed by atoms with E-state index in [0.717, 1.165) is 11.3 Å². The van der Waals surface area contributed by atoms with Crippen molar-refractivity contribution in [2.45, 2.75) is 19.9 Å². The summed E-state index contributed by atoms with van der Waals surface area (Å²) in [6, 6.07) is 13.8. The number of nitrogens with one attached hydrogen (secondary N) is 1. The van der Waals surface area contributed by atoms with Gasteiger partial charge in [0.1, 0.15) is 11.5 Å². The fourth-order valence-corrected chi connectivity index (χ4v) is 2.28. The zero-order valence-electron chi connectivity index (χ0n) is 14.2. The summed E-state index contributed by atoms with van der Waals surface area (Å²) in [5.41, 5.74) is 1.33. The van der Waals surface area contributed by atoms with Gasteiger partial charge in [0.2, 0.25) is 0 Å². The number of carboxylic acids is 1. The first-order valence-electron chi connectivity index (χ1n) is 7.98. The van der Waals surface area contributed by atoms with Crippen molar-refractivity contribution in [3.05, 3.63) is 59.7 Å². The minimum Gasteiger partial charge on any atom is -0.494 e. The molecule has 6 nitrogen and oxygen atoms in total. The predicted octanol–water partition coefficient (Wildman–Crippen LogP) is 3.04. The van der Waals surface area contributed by atoms with Gasteiger partial charge in [0.05, 0.1) is 12.6 Å². The van der Waals surface area contributed by atoms with Gasteiger partial charge in [0, 0.05) is 5.56 Å². The third-order valence-corrected chi connectivity index (χ3v) is 3.48. The van der Waals surface area contributed by atoms with Crippen molar-refractivity contribution < 1.29 is 24.2 Å². The van der Waals surface area contributed by atoms with Gasteiger partial charge in [-0.25, -0.2) is 4.79 Å². The molecule has 25 heavy (non-hydrogen) atoms. The molecule has 1 unspecified atom stereocenters. The molecule has 2 aromatic carbocycles. The summed E-state index contributed by atoms with van der Waals surface area (Å²) in [6.07, 6.45) is 0. The number of hydrogen-bond donors (Lipinski definition) is 2. The molecule has 0 aliphatic heterocycles. The Bertz CT molecular complexity index is 744. The van der Waals surface area contributed by atoms with Gasteiger partial charge in [0.25, 0.3) is 5.91 Å². The van der Waals surface area contributed by atoms with Gasteiger partial charge < -0.3 is 19.9 Å². The van der Waals surface area contributed by atoms with Crippen molar-refractivity contribution >= 4 is 11.9 Å². The molecule has 0 saturated carbocycles. The largest absolute Gasteiger partial charge is 0.494 e. The molecule has 2 aromatic rings. The number of ether oxygens (including phenoxy) is 2. The van der Waals surface area contributed by atoms with Crippen LogP contribution in [0.1, 0.15) is 35.8 Å². The van der Waals surface area contributed by atoms with Crippen LogP contribution in [0, 0.1) is 0 Å². The number of carbonyl (C=O) groups is 2. The maximum Gasteiger partial charge on any atom is 0.341 e. The van der Waals surface area contributed by atoms with Crippen molar-refractivity contribution in [3.63, 3.8) is 0 Å². The number of hydrogen-bond acceptors (Lipinski definition) is 4. The van der Waals surface area contributed by atoms with Crippen molar-refractivity contribution in [3.8, 4) is 11.5 Å². The molecular formula is C19H21NO5. The second kappa shape index (κ2) is 8.73. The fraction of sp³-hybridized carbons (Fsp3) is 0.263. The van der Waals surface area contributed by atoms with Crippen LogP contribution in [0.3, 0.4) is 0 Å². The summed E-state index contributed by atoms with van der Waals surface area (Å²) < 4.78 is 10.6. The Morgan fingerprint density at radius 1 is 1.08 bits per heavy atom. The summed E-state index contributed by atoms with van der Waals surface area (Å²) in [5, 5.41) is 11.6. The topological polar surface area (TPSA) is 84.9 Å². The highest BCUT2D eigenvalue weighted by atomic mass is 16.5. The molecule has 0 bridgehead atoms. The molecule has 2 N–H and O–H groups in total. The summed E-state index contributed by atoms with van der Waals surface area (Å²) >= 11 is 0. The lowest BCUT2D eigenvalue weighted by Gasteiger charge is -2.16. The fourth-order valence-electron chi connectivity index (χ4n) is 2.28. The molecule has 0 fully saturated rings. The average molecular weight is 343 g/mol. The first kappa shape index (κ1) is 18.3. The maximum absolute atomic E-state index is 12.4. The molecule has 0 heterocycles. The zero-order chi connectivity index (χ0) is 18.2. The van der Waals surface area contributed by atoms with Crippen LogP contribution in [0.15, 0.2) is 48.5 Å². The lowest BCUT2D eigenvalue weighted by Crippen LogP contribution is -2.26. The van der Waals surface area contributed by atoms with E-state index in [1.165, 1.54) is 6.07 Å². The molecular weight excluding hydrogens is 322 g/mol. The number of benzene rings is 2. The number of aliphatic carboxylic acids is 1. The molecule has 132 valence electrons. The summed E-state index contributed by atoms with van der Waals surface area (Å²) in [6.45, 7) is 3.92. The maximum atomic E-state index is 12.4. The van der Waals surface area contributed by atoms with Gasteiger partial charge in [-0.1, -0.05) is 18.2 Å². The Morgan fingerprint density at radius 2 is 1.76 bits per heavy atom. The standard InChI is InChI=1S/C19H21NO5/c1-3-24-16-8-4-6-14(10-16)13(2)20-19(23)15-7-5-9-17(11-15)25-12-18(21)22/h4-11,13H,3,12H2,1-2H3,(H,20,23)(H,21,22). The normalized spacial score (nSPS) is 11.4. The summed E-state index contributed by atoms with van der Waals surface area (Å²) in [7, 11) is 0. The van der Waals surface area contributed by atoms with Crippen LogP contribution in [0.5, 0.6) is 11.5 Å². The number of carbonyl (C=O) groups excluding carboxylic acids is 1. The molecule has 0 spiro atoms. The number of amides is 1. The third-order valence-electron chi connectivity index (χ3n) is 3.48. The minimum absolute atomic E-state index is 0.212. The van der Waals surface area contributed by atoms with E-state index in [4.69, 9.17) is 14.6 Å². The Morgan fingerprint density at radius 3 is 2.44 bits per heavy atom. The molecule has 1 atom stereocenters. The third kappa shape index (κ3) is 5.53. The number of carboxylic acid groups (broad SMARTS) is 1. The van der Waals surface area contributed by atoms with Gasteiger partial charge in [-0.05, 0) is 49.7 Å². The van der Waals surface area contributed by atoms with E-state index in [9.17, 15) is 9.59 Å². The van der Waals surface area contributed by atoms with Crippen LogP contribution >= 0.6 is 0 Å². The van der Waals surface area contributed by atoms with Crippen molar-refractivity contribution in [2.75, 3.05) is 13.2 Å². The van der Waals surface area contributed by atoms with Crippen molar-refractivity contribution in [1.82, 2.24) is 5.32 Å². The van der Waals surface area contributed by atoms with Gasteiger partial charge in [-0.15, -0.1) is 0 Å². The second-order valence-electron chi connectivity index (χ2n) is 5.41. The van der Waals surface area contributed by atoms with Crippen LogP contribution in [0.2, 0.25) is 0 Å². The van der Waals surface area contributed by atoms with Crippen LogP contribution < -0.4 is 14.8 Å². The van der Waals surface area contributed by atoms with E-state index in [2.05, 4.69) is 5.32 Å². The number of rotatable bonds is 8. The van der Waals surface area contributed by atoms with Crippen LogP contribution in [-0.4, -0.2) is 30.2 Å². The average Bonchev–Trinajstić information content (AvgIpc) is 2.60. The quantitative estimate of drug-likeness (QED) is 0.769. The Kier molecular flexibility index (Phi) is 6.39. The molecule has 0 aliphatic rings. The summed E-state index contributed by atoms with van der Waals surface area (Å²) in [4.78, 5) is 23.0. The minimum atomic E-state index is -1.07. The monoisotopic (exact) mass is 343 g/mol.